The molecule has 0 aliphatic heterocycles. The van der Waals surface area contributed by atoms with E-state index in [2.05, 4.69) is 28.7 Å². The third-order valence-corrected chi connectivity index (χ3v) is 3.27. The zero-order valence-corrected chi connectivity index (χ0v) is 11.4. The van der Waals surface area contributed by atoms with Crippen molar-refractivity contribution in [2.45, 2.75) is 6.92 Å². The number of para-hydroxylation sites is 1. The Morgan fingerprint density at radius 3 is 2.59 bits per heavy atom. The maximum absolute atomic E-state index is 8.85. The summed E-state index contributed by atoms with van der Waals surface area (Å²) in [6.45, 7) is 1.90. The van der Waals surface area contributed by atoms with Crippen molar-refractivity contribution in [2.75, 3.05) is 0 Å². The number of nitrogens with zero attached hydrogens (tertiary/aromatic N) is 1. The molecule has 17 heavy (non-hydrogen) atoms. The standard InChI is InChI=1S/C14H10INO/c1-10-8-12(7-6-11(10)9-16)17-14-5-3-2-4-13(14)15/h2-8H,1H3. The monoisotopic (exact) mass is 335 g/mol. The van der Waals surface area contributed by atoms with Crippen molar-refractivity contribution in [1.82, 2.24) is 0 Å². The van der Waals surface area contributed by atoms with E-state index in [1.165, 1.54) is 0 Å². The molecule has 0 atom stereocenters. The number of hydrogen-bond donors (Lipinski definition) is 0. The molecular formula is C14H10INO. The SMILES string of the molecule is Cc1cc(Oc2ccccc2I)ccc1C#N. The molecule has 0 aromatic heterocycles. The zero-order chi connectivity index (χ0) is 12.3. The Morgan fingerprint density at radius 1 is 1.18 bits per heavy atom. The molecule has 0 amide bonds. The summed E-state index contributed by atoms with van der Waals surface area (Å²) in [5.41, 5.74) is 1.61. The molecule has 0 bridgehead atoms. The van der Waals surface area contributed by atoms with Gasteiger partial charge in [-0.3, -0.25) is 0 Å². The number of ether oxygens (including phenoxy) is 1. The second kappa shape index (κ2) is 5.19. The third-order valence-electron chi connectivity index (χ3n) is 2.38. The summed E-state index contributed by atoms with van der Waals surface area (Å²) in [6, 6.07) is 15.4. The highest BCUT2D eigenvalue weighted by molar-refractivity contribution is 14.1. The Kier molecular flexibility index (Phi) is 3.64. The normalized spacial score (nSPS) is 9.71. The fourth-order valence-electron chi connectivity index (χ4n) is 1.48. The predicted molar refractivity (Wildman–Crippen MR) is 75.1 cm³/mol. The third kappa shape index (κ3) is 2.77. The Labute approximate surface area is 114 Å². The molecule has 0 saturated carbocycles. The molecular weight excluding hydrogens is 325 g/mol. The molecule has 0 N–H and O–H groups in total. The van der Waals surface area contributed by atoms with E-state index in [4.69, 9.17) is 10.00 Å². The summed E-state index contributed by atoms with van der Waals surface area (Å²) in [5.74, 6) is 1.59. The summed E-state index contributed by atoms with van der Waals surface area (Å²) < 4.78 is 6.83. The Morgan fingerprint density at radius 2 is 1.94 bits per heavy atom. The lowest BCUT2D eigenvalue weighted by molar-refractivity contribution is 0.479. The van der Waals surface area contributed by atoms with Crippen LogP contribution in [0.4, 0.5) is 0 Å². The van der Waals surface area contributed by atoms with E-state index >= 15 is 0 Å². The van der Waals surface area contributed by atoms with Crippen molar-refractivity contribution >= 4 is 22.6 Å². The van der Waals surface area contributed by atoms with Gasteiger partial charge in [0, 0.05) is 0 Å². The highest BCUT2D eigenvalue weighted by atomic mass is 127. The number of aryl methyl sites for hydroxylation is 1. The topological polar surface area (TPSA) is 33.0 Å². The summed E-state index contributed by atoms with van der Waals surface area (Å²) in [6.07, 6.45) is 0. The quantitative estimate of drug-likeness (QED) is 0.768. The van der Waals surface area contributed by atoms with Crippen molar-refractivity contribution < 1.29 is 4.74 Å². The van der Waals surface area contributed by atoms with Crippen molar-refractivity contribution in [1.29, 1.82) is 5.26 Å². The molecule has 0 unspecified atom stereocenters. The fraction of sp³-hybridized carbons (Fsp3) is 0.0714. The first-order valence-electron chi connectivity index (χ1n) is 5.14. The lowest BCUT2D eigenvalue weighted by Gasteiger charge is -2.08. The van der Waals surface area contributed by atoms with Crippen molar-refractivity contribution in [3.63, 3.8) is 0 Å². The first-order chi connectivity index (χ1) is 8.20. The summed E-state index contributed by atoms with van der Waals surface area (Å²) >= 11 is 2.23. The second-order valence-corrected chi connectivity index (χ2v) is 4.78. The number of hydrogen-bond acceptors (Lipinski definition) is 2. The van der Waals surface area contributed by atoms with Crippen molar-refractivity contribution in [2.24, 2.45) is 0 Å². The Hall–Kier alpha value is -1.54. The van der Waals surface area contributed by atoms with Crippen LogP contribution in [0.5, 0.6) is 11.5 Å². The average Bonchev–Trinajstić information content (AvgIpc) is 2.32. The minimum Gasteiger partial charge on any atom is -0.456 e. The van der Waals surface area contributed by atoms with Crippen LogP contribution in [0.2, 0.25) is 0 Å². The molecule has 0 spiro atoms. The highest BCUT2D eigenvalue weighted by Gasteiger charge is 2.03. The average molecular weight is 335 g/mol. The molecule has 0 fully saturated rings. The van der Waals surface area contributed by atoms with Crippen LogP contribution in [0.15, 0.2) is 42.5 Å². The smallest absolute Gasteiger partial charge is 0.140 e. The lowest BCUT2D eigenvalue weighted by atomic mass is 10.1. The number of benzene rings is 2. The van der Waals surface area contributed by atoms with Crippen LogP contribution in [0, 0.1) is 21.8 Å². The summed E-state index contributed by atoms with van der Waals surface area (Å²) in [4.78, 5) is 0. The lowest BCUT2D eigenvalue weighted by Crippen LogP contribution is -1.89. The van der Waals surface area contributed by atoms with E-state index in [1.54, 1.807) is 6.07 Å². The molecule has 84 valence electrons. The van der Waals surface area contributed by atoms with Gasteiger partial charge in [0.2, 0.25) is 0 Å². The maximum Gasteiger partial charge on any atom is 0.140 e. The van der Waals surface area contributed by atoms with Gasteiger partial charge >= 0.3 is 0 Å². The Balaban J connectivity index is 2.29. The molecule has 0 heterocycles. The van der Waals surface area contributed by atoms with Gasteiger partial charge in [-0.25, -0.2) is 0 Å². The Bertz CT molecular complexity index is 587. The van der Waals surface area contributed by atoms with Crippen LogP contribution in [0.1, 0.15) is 11.1 Å². The molecule has 2 aromatic rings. The van der Waals surface area contributed by atoms with Crippen LogP contribution < -0.4 is 4.74 Å². The first-order valence-corrected chi connectivity index (χ1v) is 6.21. The molecule has 0 aliphatic rings. The molecule has 0 saturated heterocycles. The van der Waals surface area contributed by atoms with Crippen LogP contribution in [-0.2, 0) is 0 Å². The molecule has 2 rings (SSSR count). The molecule has 3 heteroatoms. The van der Waals surface area contributed by atoms with Gasteiger partial charge in [-0.15, -0.1) is 0 Å². The van der Waals surface area contributed by atoms with Crippen molar-refractivity contribution in [3.05, 3.63) is 57.2 Å². The highest BCUT2D eigenvalue weighted by Crippen LogP contribution is 2.27. The molecule has 0 aliphatic carbocycles. The second-order valence-electron chi connectivity index (χ2n) is 3.62. The molecule has 2 nitrogen and oxygen atoms in total. The van der Waals surface area contributed by atoms with E-state index in [0.29, 0.717) is 5.56 Å². The minimum absolute atomic E-state index is 0.681. The van der Waals surface area contributed by atoms with E-state index in [-0.39, 0.29) is 0 Å². The number of nitriles is 1. The summed E-state index contributed by atoms with van der Waals surface area (Å²) in [5, 5.41) is 8.85. The molecule has 2 aromatic carbocycles. The maximum atomic E-state index is 8.85. The molecule has 0 radical (unpaired) electrons. The number of halogens is 1. The van der Waals surface area contributed by atoms with Crippen LogP contribution in [0.25, 0.3) is 0 Å². The van der Waals surface area contributed by atoms with Gasteiger partial charge in [-0.2, -0.15) is 5.26 Å². The van der Waals surface area contributed by atoms with E-state index < -0.39 is 0 Å². The van der Waals surface area contributed by atoms with Gasteiger partial charge in [-0.1, -0.05) is 12.1 Å². The van der Waals surface area contributed by atoms with Gasteiger partial charge in [0.1, 0.15) is 11.5 Å². The van der Waals surface area contributed by atoms with Gasteiger partial charge in [0.05, 0.1) is 15.2 Å². The largest absolute Gasteiger partial charge is 0.456 e. The van der Waals surface area contributed by atoms with Gasteiger partial charge in [-0.05, 0) is 65.4 Å². The van der Waals surface area contributed by atoms with Crippen LogP contribution in [0.3, 0.4) is 0 Å². The predicted octanol–water partition coefficient (Wildman–Crippen LogP) is 4.26. The van der Waals surface area contributed by atoms with Crippen molar-refractivity contribution in [3.8, 4) is 17.6 Å². The van der Waals surface area contributed by atoms with E-state index in [1.807, 2.05) is 43.3 Å². The summed E-state index contributed by atoms with van der Waals surface area (Å²) in [7, 11) is 0. The number of rotatable bonds is 2. The van der Waals surface area contributed by atoms with Gasteiger partial charge < -0.3 is 4.74 Å². The van der Waals surface area contributed by atoms with Gasteiger partial charge in [0.25, 0.3) is 0 Å². The zero-order valence-electron chi connectivity index (χ0n) is 9.27. The minimum atomic E-state index is 0.681. The first kappa shape index (κ1) is 11.9. The fourth-order valence-corrected chi connectivity index (χ4v) is 1.98. The van der Waals surface area contributed by atoms with Gasteiger partial charge in [0.15, 0.2) is 0 Å². The van der Waals surface area contributed by atoms with E-state index in [9.17, 15) is 0 Å². The van der Waals surface area contributed by atoms with E-state index in [0.717, 1.165) is 20.6 Å². The van der Waals surface area contributed by atoms with Crippen LogP contribution in [-0.4, -0.2) is 0 Å². The van der Waals surface area contributed by atoms with Crippen LogP contribution >= 0.6 is 22.6 Å².